The molecule has 4 heteroatoms. The van der Waals surface area contributed by atoms with E-state index < -0.39 is 0 Å². The zero-order chi connectivity index (χ0) is 13.5. The Morgan fingerprint density at radius 1 is 1.20 bits per heavy atom. The van der Waals surface area contributed by atoms with Crippen LogP contribution < -0.4 is 10.2 Å². The second-order valence-corrected chi connectivity index (χ2v) is 7.02. The van der Waals surface area contributed by atoms with Crippen molar-refractivity contribution in [3.05, 3.63) is 12.4 Å². The van der Waals surface area contributed by atoms with Gasteiger partial charge in [-0.05, 0) is 50.4 Å². The zero-order valence-corrected chi connectivity index (χ0v) is 12.5. The van der Waals surface area contributed by atoms with E-state index in [-0.39, 0.29) is 0 Å². The number of hydrogen-bond acceptors (Lipinski definition) is 3. The number of nitrogens with one attached hydrogen (secondary N) is 1. The minimum absolute atomic E-state index is 0.676. The van der Waals surface area contributed by atoms with E-state index in [1.165, 1.54) is 50.8 Å². The molecule has 1 N–H and O–H groups in total. The molecule has 1 saturated heterocycles. The molecule has 2 aliphatic carbocycles. The summed E-state index contributed by atoms with van der Waals surface area (Å²) < 4.78 is 1.91. The normalized spacial score (nSPS) is 27.3. The highest BCUT2D eigenvalue weighted by Crippen LogP contribution is 2.44. The Morgan fingerprint density at radius 2 is 1.95 bits per heavy atom. The molecule has 4 rings (SSSR count). The van der Waals surface area contributed by atoms with Gasteiger partial charge >= 0.3 is 0 Å². The third-order valence-corrected chi connectivity index (χ3v) is 5.17. The third kappa shape index (κ3) is 2.71. The molecule has 1 atom stereocenters. The van der Waals surface area contributed by atoms with Gasteiger partial charge in [-0.3, -0.25) is 4.68 Å². The second kappa shape index (κ2) is 5.06. The average Bonchev–Trinajstić information content (AvgIpc) is 3.36. The lowest BCUT2D eigenvalue weighted by Crippen LogP contribution is -2.50. The van der Waals surface area contributed by atoms with Gasteiger partial charge in [0, 0.05) is 38.4 Å². The van der Waals surface area contributed by atoms with Crippen molar-refractivity contribution in [2.75, 3.05) is 18.0 Å². The van der Waals surface area contributed by atoms with E-state index in [4.69, 9.17) is 0 Å². The lowest BCUT2D eigenvalue weighted by molar-refractivity contribution is 0.328. The van der Waals surface area contributed by atoms with Gasteiger partial charge in [0.1, 0.15) is 0 Å². The Labute approximate surface area is 121 Å². The molecule has 3 aliphatic rings. The van der Waals surface area contributed by atoms with E-state index in [2.05, 4.69) is 21.5 Å². The summed E-state index contributed by atoms with van der Waals surface area (Å²) in [7, 11) is 2.00. The Kier molecular flexibility index (Phi) is 3.21. The predicted molar refractivity (Wildman–Crippen MR) is 80.8 cm³/mol. The summed E-state index contributed by atoms with van der Waals surface area (Å²) >= 11 is 0. The smallest absolute Gasteiger partial charge is 0.0752 e. The maximum absolute atomic E-state index is 4.31. The first-order valence-electron chi connectivity index (χ1n) is 8.29. The van der Waals surface area contributed by atoms with Crippen LogP contribution in [0, 0.1) is 11.8 Å². The molecule has 0 unspecified atom stereocenters. The highest BCUT2D eigenvalue weighted by atomic mass is 15.3. The van der Waals surface area contributed by atoms with Crippen LogP contribution >= 0.6 is 0 Å². The first-order chi connectivity index (χ1) is 9.79. The summed E-state index contributed by atoms with van der Waals surface area (Å²) in [5.74, 6) is 1.99. The van der Waals surface area contributed by atoms with Crippen LogP contribution in [0.2, 0.25) is 0 Å². The summed E-state index contributed by atoms with van der Waals surface area (Å²) in [5, 5.41) is 8.33. The highest BCUT2D eigenvalue weighted by Gasteiger charge is 2.42. The van der Waals surface area contributed by atoms with Crippen molar-refractivity contribution in [3.63, 3.8) is 0 Å². The molecule has 0 bridgehead atoms. The van der Waals surface area contributed by atoms with Crippen LogP contribution in [0.3, 0.4) is 0 Å². The van der Waals surface area contributed by atoms with Crippen LogP contribution in [-0.4, -0.2) is 35.0 Å². The summed E-state index contributed by atoms with van der Waals surface area (Å²) in [6, 6.07) is 1.50. The molecular weight excluding hydrogens is 248 g/mol. The van der Waals surface area contributed by atoms with Gasteiger partial charge in [-0.25, -0.2) is 0 Å². The predicted octanol–water partition coefficient (Wildman–Crippen LogP) is 2.17. The topological polar surface area (TPSA) is 33.1 Å². The molecule has 0 radical (unpaired) electrons. The lowest BCUT2D eigenvalue weighted by Gasteiger charge is -2.36. The average molecular weight is 274 g/mol. The molecule has 4 nitrogen and oxygen atoms in total. The Bertz CT molecular complexity index is 449. The SMILES string of the molecule is Cn1cc(N2CCC[C@@H](NC(C3CC3)C3CC3)C2)cn1. The highest BCUT2D eigenvalue weighted by molar-refractivity contribution is 5.43. The number of anilines is 1. The van der Waals surface area contributed by atoms with Crippen LogP contribution in [0.25, 0.3) is 0 Å². The van der Waals surface area contributed by atoms with Crippen molar-refractivity contribution in [1.29, 1.82) is 0 Å². The molecule has 0 aromatic carbocycles. The Balaban J connectivity index is 1.38. The molecule has 2 heterocycles. The van der Waals surface area contributed by atoms with Crippen molar-refractivity contribution in [3.8, 4) is 0 Å². The standard InChI is InChI=1S/C16H26N4/c1-19-11-15(9-17-19)20-8-2-3-14(10-20)18-16(12-4-5-12)13-6-7-13/h9,11-14,16,18H,2-8,10H2,1H3/t14-/m1/s1. The molecule has 1 aliphatic heterocycles. The molecular formula is C16H26N4. The largest absolute Gasteiger partial charge is 0.367 e. The number of rotatable bonds is 5. The van der Waals surface area contributed by atoms with Gasteiger partial charge in [-0.2, -0.15) is 5.10 Å². The van der Waals surface area contributed by atoms with Crippen molar-refractivity contribution >= 4 is 5.69 Å². The number of piperidine rings is 1. The first-order valence-corrected chi connectivity index (χ1v) is 8.29. The van der Waals surface area contributed by atoms with Crippen LogP contribution in [0.1, 0.15) is 38.5 Å². The minimum atomic E-state index is 0.676. The minimum Gasteiger partial charge on any atom is -0.367 e. The molecule has 3 fully saturated rings. The second-order valence-electron chi connectivity index (χ2n) is 7.02. The Morgan fingerprint density at radius 3 is 2.55 bits per heavy atom. The number of nitrogens with zero attached hydrogens (tertiary/aromatic N) is 3. The van der Waals surface area contributed by atoms with E-state index in [1.807, 2.05) is 17.9 Å². The van der Waals surface area contributed by atoms with Crippen LogP contribution in [0.15, 0.2) is 12.4 Å². The number of aryl methyl sites for hydroxylation is 1. The van der Waals surface area contributed by atoms with E-state index in [0.717, 1.165) is 24.4 Å². The van der Waals surface area contributed by atoms with Crippen molar-refractivity contribution < 1.29 is 0 Å². The fourth-order valence-electron chi connectivity index (χ4n) is 3.76. The summed E-state index contributed by atoms with van der Waals surface area (Å²) in [5.41, 5.74) is 1.29. The molecule has 2 saturated carbocycles. The molecule has 20 heavy (non-hydrogen) atoms. The van der Waals surface area contributed by atoms with Crippen LogP contribution in [-0.2, 0) is 7.05 Å². The summed E-state index contributed by atoms with van der Waals surface area (Å²) in [4.78, 5) is 2.50. The van der Waals surface area contributed by atoms with E-state index in [0.29, 0.717) is 6.04 Å². The quantitative estimate of drug-likeness (QED) is 0.893. The van der Waals surface area contributed by atoms with Gasteiger partial charge in [0.05, 0.1) is 11.9 Å². The maximum Gasteiger partial charge on any atom is 0.0752 e. The fraction of sp³-hybridized carbons (Fsp3) is 0.812. The van der Waals surface area contributed by atoms with Gasteiger partial charge in [0.15, 0.2) is 0 Å². The van der Waals surface area contributed by atoms with Gasteiger partial charge in [0.25, 0.3) is 0 Å². The molecule has 0 spiro atoms. The van der Waals surface area contributed by atoms with Gasteiger partial charge < -0.3 is 10.2 Å². The van der Waals surface area contributed by atoms with E-state index >= 15 is 0 Å². The number of aromatic nitrogens is 2. The van der Waals surface area contributed by atoms with Gasteiger partial charge in [-0.15, -0.1) is 0 Å². The maximum atomic E-state index is 4.31. The van der Waals surface area contributed by atoms with Crippen molar-refractivity contribution in [2.45, 2.75) is 50.6 Å². The van der Waals surface area contributed by atoms with E-state index in [1.54, 1.807) is 0 Å². The third-order valence-electron chi connectivity index (χ3n) is 5.17. The Hall–Kier alpha value is -1.03. The van der Waals surface area contributed by atoms with Gasteiger partial charge in [0.2, 0.25) is 0 Å². The first kappa shape index (κ1) is 12.7. The van der Waals surface area contributed by atoms with E-state index in [9.17, 15) is 0 Å². The van der Waals surface area contributed by atoms with Crippen LogP contribution in [0.4, 0.5) is 5.69 Å². The van der Waals surface area contributed by atoms with Gasteiger partial charge in [-0.1, -0.05) is 0 Å². The van der Waals surface area contributed by atoms with Crippen molar-refractivity contribution in [2.24, 2.45) is 18.9 Å². The zero-order valence-electron chi connectivity index (χ0n) is 12.5. The number of hydrogen-bond donors (Lipinski definition) is 1. The molecule has 1 aromatic rings. The van der Waals surface area contributed by atoms with Crippen molar-refractivity contribution in [1.82, 2.24) is 15.1 Å². The lowest BCUT2D eigenvalue weighted by atomic mass is 10.0. The molecule has 110 valence electrons. The fourth-order valence-corrected chi connectivity index (χ4v) is 3.76. The summed E-state index contributed by atoms with van der Waals surface area (Å²) in [6.07, 6.45) is 12.6. The summed E-state index contributed by atoms with van der Waals surface area (Å²) in [6.45, 7) is 2.34. The molecule has 0 amide bonds. The van der Waals surface area contributed by atoms with Crippen LogP contribution in [0.5, 0.6) is 0 Å². The molecule has 1 aromatic heterocycles. The monoisotopic (exact) mass is 274 g/mol.